The zero-order valence-electron chi connectivity index (χ0n) is 18.5. The van der Waals surface area contributed by atoms with Crippen molar-refractivity contribution in [2.45, 2.75) is 44.4 Å². The predicted molar refractivity (Wildman–Crippen MR) is 121 cm³/mol. The fraction of sp³-hybridized carbons (Fsp3) is 0.478. The molecule has 1 aliphatic carbocycles. The lowest BCUT2D eigenvalue weighted by atomic mass is 9.73. The summed E-state index contributed by atoms with van der Waals surface area (Å²) in [6, 6.07) is 10.5. The summed E-state index contributed by atoms with van der Waals surface area (Å²) in [5, 5.41) is 9.60. The number of ether oxygens (including phenoxy) is 1. The van der Waals surface area contributed by atoms with Gasteiger partial charge in [0.25, 0.3) is 0 Å². The molecular formula is C23H27N5O3S. The van der Waals surface area contributed by atoms with Gasteiger partial charge in [0.2, 0.25) is 0 Å². The van der Waals surface area contributed by atoms with Crippen LogP contribution in [0.1, 0.15) is 60.0 Å². The molecule has 2 aliphatic rings. The maximum atomic E-state index is 12.7. The first-order chi connectivity index (χ1) is 15.4. The molecule has 4 rings (SSSR count). The van der Waals surface area contributed by atoms with Crippen molar-refractivity contribution in [2.24, 2.45) is 5.41 Å². The molecule has 0 bridgehead atoms. The van der Waals surface area contributed by atoms with Crippen molar-refractivity contribution in [1.82, 2.24) is 14.7 Å². The Kier molecular flexibility index (Phi) is 6.26. The number of esters is 1. The van der Waals surface area contributed by atoms with Crippen LogP contribution in [0.25, 0.3) is 0 Å². The van der Waals surface area contributed by atoms with Crippen molar-refractivity contribution in [3.8, 4) is 6.07 Å². The number of anilines is 1. The zero-order chi connectivity index (χ0) is 22.9. The number of rotatable bonds is 5. The summed E-state index contributed by atoms with van der Waals surface area (Å²) < 4.78 is 20.8. The van der Waals surface area contributed by atoms with E-state index < -0.39 is 17.0 Å². The Labute approximate surface area is 190 Å². The second kappa shape index (κ2) is 8.96. The van der Waals surface area contributed by atoms with Gasteiger partial charge < -0.3 is 9.64 Å². The number of hydrogen-bond donors (Lipinski definition) is 1. The van der Waals surface area contributed by atoms with Gasteiger partial charge in [-0.3, -0.25) is 0 Å². The molecule has 1 N–H and O–H groups in total. The number of hydrogen-bond acceptors (Lipinski definition) is 7. The van der Waals surface area contributed by atoms with Crippen molar-refractivity contribution < 1.29 is 13.7 Å². The molecule has 1 fully saturated rings. The van der Waals surface area contributed by atoms with Crippen LogP contribution >= 0.6 is 0 Å². The maximum Gasteiger partial charge on any atom is 0.358 e. The highest BCUT2D eigenvalue weighted by Gasteiger charge is 2.48. The number of nitrogens with zero attached hydrogens (tertiary/aromatic N) is 4. The molecule has 0 radical (unpaired) electrons. The van der Waals surface area contributed by atoms with Crippen molar-refractivity contribution in [2.75, 3.05) is 25.1 Å². The van der Waals surface area contributed by atoms with Crippen molar-refractivity contribution in [3.63, 3.8) is 0 Å². The molecule has 0 saturated carbocycles. The highest BCUT2D eigenvalue weighted by molar-refractivity contribution is 7.83. The van der Waals surface area contributed by atoms with E-state index in [2.05, 4.69) is 48.6 Å². The molecule has 8 nitrogen and oxygen atoms in total. The Morgan fingerprint density at radius 3 is 2.72 bits per heavy atom. The SMILES string of the molecule is COC(=O)c1cnc(N2CCC3(CC2)Cc2ccccc2C3N[S@](=O)C(C)C)c(C#N)n1. The van der Waals surface area contributed by atoms with E-state index >= 15 is 0 Å². The van der Waals surface area contributed by atoms with Crippen LogP contribution in [0.2, 0.25) is 0 Å². The molecule has 1 aromatic heterocycles. The normalized spacial score (nSPS) is 20.1. The number of piperidine rings is 1. The minimum atomic E-state index is -1.13. The Hall–Kier alpha value is -2.83. The van der Waals surface area contributed by atoms with E-state index in [1.165, 1.54) is 24.4 Å². The lowest BCUT2D eigenvalue weighted by Gasteiger charge is -2.44. The monoisotopic (exact) mass is 453 g/mol. The van der Waals surface area contributed by atoms with Gasteiger partial charge in [-0.25, -0.2) is 23.7 Å². The van der Waals surface area contributed by atoms with Crippen LogP contribution in [0.15, 0.2) is 30.5 Å². The molecule has 0 amide bonds. The Balaban J connectivity index is 1.57. The number of nitriles is 1. The second-order valence-electron chi connectivity index (χ2n) is 8.65. The predicted octanol–water partition coefficient (Wildman–Crippen LogP) is 2.68. The number of aromatic nitrogens is 2. The molecule has 2 atom stereocenters. The standard InChI is InChI=1S/C23H27N5O3S/c1-15(2)32(30)27-20-17-7-5-4-6-16(17)12-23(20)8-10-28(11-9-23)21-18(13-24)26-19(14-25-21)22(29)31-3/h4-7,14-15,20,27H,8-12H2,1-3H3/t20?,32-/m1/s1. The van der Waals surface area contributed by atoms with Gasteiger partial charge in [-0.05, 0) is 49.7 Å². The Morgan fingerprint density at radius 1 is 1.34 bits per heavy atom. The topological polar surface area (TPSA) is 108 Å². The summed E-state index contributed by atoms with van der Waals surface area (Å²) in [4.78, 5) is 22.3. The van der Waals surface area contributed by atoms with E-state index in [-0.39, 0.29) is 28.1 Å². The second-order valence-corrected chi connectivity index (χ2v) is 10.4. The molecule has 32 heavy (non-hydrogen) atoms. The molecule has 2 aromatic rings. The van der Waals surface area contributed by atoms with Crippen molar-refractivity contribution >= 4 is 22.8 Å². The third kappa shape index (κ3) is 4.00. The Morgan fingerprint density at radius 2 is 2.06 bits per heavy atom. The number of fused-ring (bicyclic) bond motifs is 1. The van der Waals surface area contributed by atoms with Gasteiger partial charge in [0.1, 0.15) is 6.07 Å². The molecule has 1 aliphatic heterocycles. The Bertz CT molecular complexity index is 1090. The molecule has 1 unspecified atom stereocenters. The fourth-order valence-corrected chi connectivity index (χ4v) is 5.63. The van der Waals surface area contributed by atoms with Gasteiger partial charge >= 0.3 is 5.97 Å². The molecule has 1 aromatic carbocycles. The summed E-state index contributed by atoms with van der Waals surface area (Å²) in [6.45, 7) is 5.31. The zero-order valence-corrected chi connectivity index (χ0v) is 19.3. The fourth-order valence-electron chi connectivity index (χ4n) is 4.75. The molecule has 9 heteroatoms. The number of methoxy groups -OCH3 is 1. The lowest BCUT2D eigenvalue weighted by molar-refractivity contribution is 0.0593. The van der Waals surface area contributed by atoms with Crippen molar-refractivity contribution in [3.05, 3.63) is 53.0 Å². The highest BCUT2D eigenvalue weighted by Crippen LogP contribution is 2.52. The van der Waals surface area contributed by atoms with Crippen LogP contribution in [-0.4, -0.2) is 45.6 Å². The molecule has 2 heterocycles. The number of benzene rings is 1. The average Bonchev–Trinajstić information content (AvgIpc) is 3.11. The minimum absolute atomic E-state index is 0.0207. The van der Waals surface area contributed by atoms with Crippen LogP contribution in [0.4, 0.5) is 5.82 Å². The van der Waals surface area contributed by atoms with Crippen molar-refractivity contribution in [1.29, 1.82) is 5.26 Å². The first-order valence-electron chi connectivity index (χ1n) is 10.7. The number of carbonyl (C=O) groups excluding carboxylic acids is 1. The number of carbonyl (C=O) groups is 1. The van der Waals surface area contributed by atoms with Gasteiger partial charge in [0, 0.05) is 18.3 Å². The summed E-state index contributed by atoms with van der Waals surface area (Å²) in [6.07, 6.45) is 4.01. The number of nitrogens with one attached hydrogen (secondary N) is 1. The van der Waals surface area contributed by atoms with Gasteiger partial charge in [-0.15, -0.1) is 0 Å². The van der Waals surface area contributed by atoms with E-state index in [0.717, 1.165) is 19.3 Å². The molecular weight excluding hydrogens is 426 g/mol. The third-order valence-electron chi connectivity index (χ3n) is 6.50. The van der Waals surface area contributed by atoms with E-state index in [0.29, 0.717) is 18.9 Å². The van der Waals surface area contributed by atoms with Gasteiger partial charge in [-0.2, -0.15) is 5.26 Å². The lowest BCUT2D eigenvalue weighted by Crippen LogP contribution is -2.47. The average molecular weight is 454 g/mol. The van der Waals surface area contributed by atoms with E-state index in [9.17, 15) is 14.3 Å². The summed E-state index contributed by atoms with van der Waals surface area (Å²) in [7, 11) is 0.141. The van der Waals surface area contributed by atoms with Crippen LogP contribution in [0.3, 0.4) is 0 Å². The largest absolute Gasteiger partial charge is 0.464 e. The summed E-state index contributed by atoms with van der Waals surface area (Å²) in [5.74, 6) is -0.130. The minimum Gasteiger partial charge on any atom is -0.464 e. The maximum absolute atomic E-state index is 12.7. The molecule has 168 valence electrons. The van der Waals surface area contributed by atoms with Gasteiger partial charge in [-0.1, -0.05) is 24.3 Å². The van der Waals surface area contributed by atoms with Crippen LogP contribution in [-0.2, 0) is 22.1 Å². The first-order valence-corrected chi connectivity index (χ1v) is 11.9. The first kappa shape index (κ1) is 22.4. The van der Waals surface area contributed by atoms with E-state index in [1.807, 2.05) is 19.9 Å². The van der Waals surface area contributed by atoms with E-state index in [4.69, 9.17) is 0 Å². The highest BCUT2D eigenvalue weighted by atomic mass is 32.2. The molecule has 1 saturated heterocycles. The van der Waals surface area contributed by atoms with Crippen LogP contribution in [0.5, 0.6) is 0 Å². The van der Waals surface area contributed by atoms with Crippen LogP contribution < -0.4 is 9.62 Å². The summed E-state index contributed by atoms with van der Waals surface area (Å²) in [5.41, 5.74) is 2.63. The third-order valence-corrected chi connectivity index (χ3v) is 7.82. The molecule has 1 spiro atoms. The van der Waals surface area contributed by atoms with Gasteiger partial charge in [0.15, 0.2) is 17.2 Å². The van der Waals surface area contributed by atoms with Gasteiger partial charge in [0.05, 0.1) is 30.3 Å². The quantitative estimate of drug-likeness (QED) is 0.694. The van der Waals surface area contributed by atoms with E-state index in [1.54, 1.807) is 0 Å². The smallest absolute Gasteiger partial charge is 0.358 e. The summed E-state index contributed by atoms with van der Waals surface area (Å²) >= 11 is 0. The van der Waals surface area contributed by atoms with Crippen LogP contribution in [0, 0.1) is 16.7 Å².